The fourth-order valence-corrected chi connectivity index (χ4v) is 3.99. The van der Waals surface area contributed by atoms with E-state index in [0.29, 0.717) is 37.2 Å². The van der Waals surface area contributed by atoms with Crippen LogP contribution >= 0.6 is 0 Å². The number of hydrogen-bond acceptors (Lipinski definition) is 6. The molecule has 1 aromatic heterocycles. The van der Waals surface area contributed by atoms with Gasteiger partial charge >= 0.3 is 5.63 Å². The smallest absolute Gasteiger partial charge is 0.336 e. The van der Waals surface area contributed by atoms with Crippen molar-refractivity contribution in [2.45, 2.75) is 85.7 Å². The minimum Gasteiger partial charge on any atom is -0.507 e. The molecule has 0 amide bonds. The summed E-state index contributed by atoms with van der Waals surface area (Å²) in [5.41, 5.74) is 1.00. The van der Waals surface area contributed by atoms with Crippen LogP contribution in [0.4, 0.5) is 0 Å². The molecular weight excluding hydrogens is 408 g/mol. The Morgan fingerprint density at radius 2 is 1.84 bits per heavy atom. The number of phenolic OH excluding ortho intramolecular Hbond substituents is 2. The maximum absolute atomic E-state index is 12.8. The number of phenols is 2. The summed E-state index contributed by atoms with van der Waals surface area (Å²) in [6.07, 6.45) is 5.20. The quantitative estimate of drug-likeness (QED) is 0.225. The summed E-state index contributed by atoms with van der Waals surface area (Å²) < 4.78 is 5.42. The lowest BCUT2D eigenvalue weighted by atomic mass is 9.90. The van der Waals surface area contributed by atoms with Gasteiger partial charge in [0, 0.05) is 23.6 Å². The number of aromatic hydroxyl groups is 2. The zero-order chi connectivity index (χ0) is 24.0. The standard InChI is InChI=1S/C26H36O6/c1-6-9-20(28)23-24(30)17(13-12-16(5)11-8-10-15(3)4)26-22(25(23)31)18(19(27)7-2)14-21(29)32-26/h10,14,16,19,27,30-31H,6-9,11-13H2,1-5H3/t16?,19-/m0/s1. The highest BCUT2D eigenvalue weighted by Crippen LogP contribution is 2.43. The lowest BCUT2D eigenvalue weighted by Gasteiger charge is -2.19. The third-order valence-corrected chi connectivity index (χ3v) is 5.86. The molecule has 3 N–H and O–H groups in total. The van der Waals surface area contributed by atoms with E-state index in [9.17, 15) is 24.9 Å². The lowest BCUT2D eigenvalue weighted by molar-refractivity contribution is 0.0976. The average molecular weight is 445 g/mol. The fraction of sp³-hybridized carbons (Fsp3) is 0.538. The lowest BCUT2D eigenvalue weighted by Crippen LogP contribution is -2.10. The van der Waals surface area contributed by atoms with Gasteiger partial charge in [-0.3, -0.25) is 4.79 Å². The molecule has 6 heteroatoms. The van der Waals surface area contributed by atoms with E-state index in [0.717, 1.165) is 18.9 Å². The Labute approximate surface area is 189 Å². The second-order valence-electron chi connectivity index (χ2n) is 8.88. The van der Waals surface area contributed by atoms with Crippen LogP contribution < -0.4 is 5.63 Å². The Bertz CT molecular complexity index is 1040. The predicted octanol–water partition coefficient (Wildman–Crippen LogP) is 5.95. The predicted molar refractivity (Wildman–Crippen MR) is 126 cm³/mol. The molecule has 32 heavy (non-hydrogen) atoms. The van der Waals surface area contributed by atoms with Crippen molar-refractivity contribution in [3.05, 3.63) is 44.8 Å². The van der Waals surface area contributed by atoms with Crippen molar-refractivity contribution in [1.82, 2.24) is 0 Å². The SMILES string of the molecule is CCCC(=O)c1c(O)c(CCC(C)CCC=C(C)C)c2oc(=O)cc([C@@H](O)CC)c2c1O. The second kappa shape index (κ2) is 11.3. The molecule has 0 aliphatic carbocycles. The molecule has 6 nitrogen and oxygen atoms in total. The summed E-state index contributed by atoms with van der Waals surface area (Å²) in [5, 5.41) is 32.6. The first-order valence-corrected chi connectivity index (χ1v) is 11.5. The number of rotatable bonds is 11. The zero-order valence-electron chi connectivity index (χ0n) is 19.8. The van der Waals surface area contributed by atoms with Crippen LogP contribution in [0.1, 0.15) is 101 Å². The van der Waals surface area contributed by atoms with Crippen LogP contribution in [0.5, 0.6) is 11.5 Å². The second-order valence-corrected chi connectivity index (χ2v) is 8.88. The summed E-state index contributed by atoms with van der Waals surface area (Å²) in [6, 6.07) is 1.15. The Morgan fingerprint density at radius 1 is 1.16 bits per heavy atom. The molecule has 2 aromatic rings. The largest absolute Gasteiger partial charge is 0.507 e. The third kappa shape index (κ3) is 5.80. The number of aryl methyl sites for hydroxylation is 1. The normalized spacial score (nSPS) is 13.2. The highest BCUT2D eigenvalue weighted by atomic mass is 16.4. The molecule has 0 spiro atoms. The molecule has 2 atom stereocenters. The van der Waals surface area contributed by atoms with E-state index >= 15 is 0 Å². The molecule has 0 radical (unpaired) electrons. The first-order valence-electron chi connectivity index (χ1n) is 11.5. The summed E-state index contributed by atoms with van der Waals surface area (Å²) >= 11 is 0. The fourth-order valence-electron chi connectivity index (χ4n) is 3.99. The van der Waals surface area contributed by atoms with Crippen LogP contribution in [-0.4, -0.2) is 21.1 Å². The van der Waals surface area contributed by atoms with E-state index in [1.165, 1.54) is 5.57 Å². The number of carbonyl (C=O) groups excluding carboxylic acids is 1. The van der Waals surface area contributed by atoms with Crippen LogP contribution in [0.3, 0.4) is 0 Å². The minimum absolute atomic E-state index is 0.0412. The summed E-state index contributed by atoms with van der Waals surface area (Å²) in [5.74, 6) is -0.830. The first kappa shape index (κ1) is 25.7. The molecule has 0 saturated carbocycles. The highest BCUT2D eigenvalue weighted by Gasteiger charge is 2.28. The van der Waals surface area contributed by atoms with Gasteiger partial charge in [-0.25, -0.2) is 4.79 Å². The van der Waals surface area contributed by atoms with Crippen LogP contribution in [0, 0.1) is 5.92 Å². The summed E-state index contributed by atoms with van der Waals surface area (Å²) in [7, 11) is 0. The Hall–Kier alpha value is -2.60. The van der Waals surface area contributed by atoms with Gasteiger partial charge in [0.1, 0.15) is 22.6 Å². The summed E-state index contributed by atoms with van der Waals surface area (Å²) in [4.78, 5) is 25.0. The van der Waals surface area contributed by atoms with Gasteiger partial charge in [-0.2, -0.15) is 0 Å². The zero-order valence-corrected chi connectivity index (χ0v) is 19.8. The molecule has 0 aliphatic rings. The molecular formula is C26H36O6. The highest BCUT2D eigenvalue weighted by molar-refractivity contribution is 6.08. The Kier molecular flexibility index (Phi) is 9.08. The molecule has 0 aliphatic heterocycles. The van der Waals surface area contributed by atoms with E-state index in [4.69, 9.17) is 4.42 Å². The maximum Gasteiger partial charge on any atom is 0.336 e. The van der Waals surface area contributed by atoms with Gasteiger partial charge in [0.15, 0.2) is 5.78 Å². The van der Waals surface area contributed by atoms with Gasteiger partial charge in [-0.05, 0) is 58.3 Å². The molecule has 0 saturated heterocycles. The van der Waals surface area contributed by atoms with Crippen molar-refractivity contribution in [1.29, 1.82) is 0 Å². The van der Waals surface area contributed by atoms with E-state index in [2.05, 4.69) is 26.8 Å². The molecule has 2 rings (SSSR count). The number of hydrogen-bond donors (Lipinski definition) is 3. The van der Waals surface area contributed by atoms with Gasteiger partial charge in [-0.15, -0.1) is 0 Å². The molecule has 1 aromatic carbocycles. The van der Waals surface area contributed by atoms with E-state index in [1.807, 2.05) is 6.92 Å². The van der Waals surface area contributed by atoms with E-state index in [-0.39, 0.29) is 40.0 Å². The number of Topliss-reactive ketones (excluding diaryl/α,β-unsaturated/α-hetero) is 1. The molecule has 1 heterocycles. The minimum atomic E-state index is -1.01. The third-order valence-electron chi connectivity index (χ3n) is 5.86. The van der Waals surface area contributed by atoms with Gasteiger partial charge in [0.2, 0.25) is 0 Å². The molecule has 176 valence electrons. The number of carbonyl (C=O) groups is 1. The van der Waals surface area contributed by atoms with Gasteiger partial charge < -0.3 is 19.7 Å². The van der Waals surface area contributed by atoms with Crippen molar-refractivity contribution in [3.8, 4) is 11.5 Å². The van der Waals surface area contributed by atoms with Crippen molar-refractivity contribution in [2.24, 2.45) is 5.92 Å². The van der Waals surface area contributed by atoms with E-state index < -0.39 is 17.5 Å². The van der Waals surface area contributed by atoms with Crippen molar-refractivity contribution in [3.63, 3.8) is 0 Å². The first-order chi connectivity index (χ1) is 15.1. The number of aliphatic hydroxyl groups excluding tert-OH is 1. The number of fused-ring (bicyclic) bond motifs is 1. The summed E-state index contributed by atoms with van der Waals surface area (Å²) in [6.45, 7) is 9.83. The van der Waals surface area contributed by atoms with Crippen LogP contribution in [0.25, 0.3) is 11.0 Å². The van der Waals surface area contributed by atoms with Crippen molar-refractivity contribution >= 4 is 16.8 Å². The topological polar surface area (TPSA) is 108 Å². The van der Waals surface area contributed by atoms with Gasteiger partial charge in [0.25, 0.3) is 0 Å². The number of ketones is 1. The van der Waals surface area contributed by atoms with Crippen LogP contribution in [0.15, 0.2) is 26.9 Å². The molecule has 0 bridgehead atoms. The van der Waals surface area contributed by atoms with E-state index in [1.54, 1.807) is 6.92 Å². The van der Waals surface area contributed by atoms with Crippen molar-refractivity contribution < 1.29 is 24.5 Å². The average Bonchev–Trinajstić information content (AvgIpc) is 2.72. The van der Waals surface area contributed by atoms with Gasteiger partial charge in [0.05, 0.1) is 11.5 Å². The Balaban J connectivity index is 2.64. The van der Waals surface area contributed by atoms with Crippen LogP contribution in [-0.2, 0) is 6.42 Å². The maximum atomic E-state index is 12.8. The number of allylic oxidation sites excluding steroid dienone is 2. The van der Waals surface area contributed by atoms with Crippen LogP contribution in [0.2, 0.25) is 0 Å². The van der Waals surface area contributed by atoms with Crippen molar-refractivity contribution in [2.75, 3.05) is 0 Å². The number of benzene rings is 1. The molecule has 1 unspecified atom stereocenters. The Morgan fingerprint density at radius 3 is 2.44 bits per heavy atom. The van der Waals surface area contributed by atoms with Gasteiger partial charge in [-0.1, -0.05) is 32.4 Å². The monoisotopic (exact) mass is 444 g/mol. The molecule has 0 fully saturated rings. The number of aliphatic hydroxyl groups is 1.